The average molecular weight is 411 g/mol. The number of unbranched alkanes of at least 4 members (excludes halogenated alkanes) is 3. The van der Waals surface area contributed by atoms with E-state index in [-0.39, 0.29) is 0 Å². The zero-order valence-corrected chi connectivity index (χ0v) is 18.7. The highest BCUT2D eigenvalue weighted by Gasteiger charge is 2.27. The summed E-state index contributed by atoms with van der Waals surface area (Å²) in [6, 6.07) is 17.2. The van der Waals surface area contributed by atoms with E-state index in [0.29, 0.717) is 6.61 Å². The van der Waals surface area contributed by atoms with Crippen LogP contribution < -0.4 is 15.4 Å². The summed E-state index contributed by atoms with van der Waals surface area (Å²) in [5, 5.41) is 7.13. The van der Waals surface area contributed by atoms with Crippen LogP contribution in [0.1, 0.15) is 56.2 Å². The van der Waals surface area contributed by atoms with Crippen molar-refractivity contribution in [3.63, 3.8) is 0 Å². The van der Waals surface area contributed by atoms with E-state index in [4.69, 9.17) is 9.47 Å². The average Bonchev–Trinajstić information content (AvgIpc) is 2.75. The Morgan fingerprint density at radius 1 is 0.767 bits per heavy atom. The van der Waals surface area contributed by atoms with Gasteiger partial charge in [-0.05, 0) is 75.1 Å². The summed E-state index contributed by atoms with van der Waals surface area (Å²) >= 11 is 0. The van der Waals surface area contributed by atoms with Crippen LogP contribution in [0.2, 0.25) is 0 Å². The van der Waals surface area contributed by atoms with Gasteiger partial charge in [-0.2, -0.15) is 0 Å². The summed E-state index contributed by atoms with van der Waals surface area (Å²) in [5.74, 6) is 0.436. The van der Waals surface area contributed by atoms with Gasteiger partial charge in [0.25, 0.3) is 0 Å². The first-order valence-corrected chi connectivity index (χ1v) is 11.5. The highest BCUT2D eigenvalue weighted by Crippen LogP contribution is 2.31. The molecule has 0 spiro atoms. The van der Waals surface area contributed by atoms with Crippen LogP contribution in [-0.4, -0.2) is 32.0 Å². The third-order valence-electron chi connectivity index (χ3n) is 5.54. The van der Waals surface area contributed by atoms with Crippen molar-refractivity contribution >= 4 is 0 Å². The molecule has 0 saturated carbocycles. The molecule has 1 heterocycles. The van der Waals surface area contributed by atoms with Gasteiger partial charge in [0.1, 0.15) is 5.75 Å². The molecule has 4 heteroatoms. The molecule has 30 heavy (non-hydrogen) atoms. The third-order valence-corrected chi connectivity index (χ3v) is 5.54. The molecule has 4 nitrogen and oxygen atoms in total. The van der Waals surface area contributed by atoms with E-state index in [1.165, 1.54) is 36.8 Å². The Hall–Kier alpha value is -1.88. The quantitative estimate of drug-likeness (QED) is 0.463. The van der Waals surface area contributed by atoms with Crippen molar-refractivity contribution in [2.24, 2.45) is 0 Å². The van der Waals surface area contributed by atoms with Crippen LogP contribution in [0.15, 0.2) is 48.5 Å². The van der Waals surface area contributed by atoms with Crippen LogP contribution in [0.4, 0.5) is 0 Å². The molecule has 2 N–H and O–H groups in total. The Morgan fingerprint density at radius 3 is 2.13 bits per heavy atom. The Balaban J connectivity index is 1.15. The molecule has 0 atom stereocenters. The van der Waals surface area contributed by atoms with Gasteiger partial charge in [-0.15, -0.1) is 0 Å². The molecule has 0 aliphatic carbocycles. The fourth-order valence-corrected chi connectivity index (χ4v) is 3.76. The van der Waals surface area contributed by atoms with Crippen molar-refractivity contribution in [3.05, 3.63) is 65.2 Å². The maximum Gasteiger partial charge on any atom is 0.205 e. The molecular formula is C26H38N2O2. The van der Waals surface area contributed by atoms with Gasteiger partial charge >= 0.3 is 0 Å². The minimum Gasteiger partial charge on any atom is -0.463 e. The summed E-state index contributed by atoms with van der Waals surface area (Å²) in [6.07, 6.45) is 7.29. The van der Waals surface area contributed by atoms with Gasteiger partial charge in [0.15, 0.2) is 0 Å². The summed E-state index contributed by atoms with van der Waals surface area (Å²) in [6.45, 7) is 8.87. The van der Waals surface area contributed by atoms with Crippen molar-refractivity contribution in [1.82, 2.24) is 10.6 Å². The summed E-state index contributed by atoms with van der Waals surface area (Å²) in [5.41, 5.74) is 3.91. The van der Waals surface area contributed by atoms with Gasteiger partial charge in [0, 0.05) is 19.4 Å². The highest BCUT2D eigenvalue weighted by atomic mass is 16.7. The second-order valence-electron chi connectivity index (χ2n) is 8.63. The van der Waals surface area contributed by atoms with E-state index in [0.717, 1.165) is 50.3 Å². The molecule has 1 aliphatic heterocycles. The maximum atomic E-state index is 5.86. The van der Waals surface area contributed by atoms with Crippen molar-refractivity contribution in [1.29, 1.82) is 0 Å². The van der Waals surface area contributed by atoms with Crippen LogP contribution >= 0.6 is 0 Å². The SMILES string of the molecule is CC1(C)OCc2cc(CCNCCCCCCNCCc3ccccc3)ccc2O1. The fourth-order valence-electron chi connectivity index (χ4n) is 3.76. The van der Waals surface area contributed by atoms with Gasteiger partial charge < -0.3 is 20.1 Å². The van der Waals surface area contributed by atoms with Crippen LogP contribution in [0.3, 0.4) is 0 Å². The molecule has 3 rings (SSSR count). The zero-order chi connectivity index (χ0) is 21.1. The topological polar surface area (TPSA) is 42.5 Å². The lowest BCUT2D eigenvalue weighted by atomic mass is 10.1. The van der Waals surface area contributed by atoms with Crippen LogP contribution in [0.5, 0.6) is 5.75 Å². The predicted molar refractivity (Wildman–Crippen MR) is 124 cm³/mol. The molecule has 0 aromatic heterocycles. The lowest BCUT2D eigenvalue weighted by Crippen LogP contribution is -2.35. The molecular weight excluding hydrogens is 372 g/mol. The van der Waals surface area contributed by atoms with Gasteiger partial charge in [-0.1, -0.05) is 49.2 Å². The second-order valence-corrected chi connectivity index (χ2v) is 8.63. The minimum absolute atomic E-state index is 0.520. The van der Waals surface area contributed by atoms with Crippen LogP contribution in [0, 0.1) is 0 Å². The number of hydrogen-bond donors (Lipinski definition) is 2. The summed E-state index contributed by atoms with van der Waals surface area (Å²) < 4.78 is 11.6. The van der Waals surface area contributed by atoms with Crippen molar-refractivity contribution in [2.75, 3.05) is 26.2 Å². The molecule has 0 radical (unpaired) electrons. The van der Waals surface area contributed by atoms with E-state index >= 15 is 0 Å². The fraction of sp³-hybridized carbons (Fsp3) is 0.538. The standard InChI is InChI=1S/C26H38N2O2/c1-26(2)29-21-24-20-23(12-13-25(24)30-26)15-19-28-17-9-4-3-8-16-27-18-14-22-10-6-5-7-11-22/h5-7,10-13,20,27-28H,3-4,8-9,14-19,21H2,1-2H3. The number of ether oxygens (including phenoxy) is 2. The van der Waals surface area contributed by atoms with E-state index in [2.05, 4.69) is 59.2 Å². The smallest absolute Gasteiger partial charge is 0.205 e. The van der Waals surface area contributed by atoms with Crippen molar-refractivity contribution in [2.45, 2.75) is 64.8 Å². The first-order chi connectivity index (χ1) is 14.6. The molecule has 2 aromatic carbocycles. The number of rotatable bonds is 13. The molecule has 0 amide bonds. The number of hydrogen-bond acceptors (Lipinski definition) is 4. The minimum atomic E-state index is -0.520. The largest absolute Gasteiger partial charge is 0.463 e. The highest BCUT2D eigenvalue weighted by molar-refractivity contribution is 5.38. The second kappa shape index (κ2) is 12.1. The Labute approximate surface area is 182 Å². The first-order valence-electron chi connectivity index (χ1n) is 11.5. The lowest BCUT2D eigenvalue weighted by Gasteiger charge is -2.32. The predicted octanol–water partition coefficient (Wildman–Crippen LogP) is 4.86. The maximum absolute atomic E-state index is 5.86. The molecule has 1 aliphatic rings. The van der Waals surface area contributed by atoms with E-state index in [1.54, 1.807) is 0 Å². The van der Waals surface area contributed by atoms with E-state index < -0.39 is 5.79 Å². The van der Waals surface area contributed by atoms with Gasteiger partial charge in [-0.25, -0.2) is 0 Å². The number of nitrogens with one attached hydrogen (secondary N) is 2. The van der Waals surface area contributed by atoms with Crippen molar-refractivity contribution in [3.8, 4) is 5.75 Å². The van der Waals surface area contributed by atoms with Crippen LogP contribution in [-0.2, 0) is 24.2 Å². The van der Waals surface area contributed by atoms with E-state index in [1.807, 2.05) is 13.8 Å². The lowest BCUT2D eigenvalue weighted by molar-refractivity contribution is -0.180. The molecule has 0 bridgehead atoms. The Morgan fingerprint density at radius 2 is 1.43 bits per heavy atom. The summed E-state index contributed by atoms with van der Waals surface area (Å²) in [7, 11) is 0. The van der Waals surface area contributed by atoms with Crippen molar-refractivity contribution < 1.29 is 9.47 Å². The molecule has 164 valence electrons. The number of benzene rings is 2. The van der Waals surface area contributed by atoms with Gasteiger partial charge in [-0.3, -0.25) is 0 Å². The molecule has 0 unspecified atom stereocenters. The van der Waals surface area contributed by atoms with Crippen LogP contribution in [0.25, 0.3) is 0 Å². The van der Waals surface area contributed by atoms with Gasteiger partial charge in [0.05, 0.1) is 6.61 Å². The van der Waals surface area contributed by atoms with Gasteiger partial charge in [0.2, 0.25) is 5.79 Å². The normalized spacial score (nSPS) is 14.9. The van der Waals surface area contributed by atoms with E-state index in [9.17, 15) is 0 Å². The number of fused-ring (bicyclic) bond motifs is 1. The molecule has 2 aromatic rings. The monoisotopic (exact) mass is 410 g/mol. The molecule has 0 saturated heterocycles. The third kappa shape index (κ3) is 8.10. The first kappa shape index (κ1) is 22.8. The Bertz CT molecular complexity index is 746. The molecule has 0 fully saturated rings. The summed E-state index contributed by atoms with van der Waals surface area (Å²) in [4.78, 5) is 0. The zero-order valence-electron chi connectivity index (χ0n) is 18.7. The Kier molecular flexibility index (Phi) is 9.19.